The number of carbonyl (C=O) groups is 1. The lowest BCUT2D eigenvalue weighted by Crippen LogP contribution is -2.34. The smallest absolute Gasteiger partial charge is 0.387 e. The van der Waals surface area contributed by atoms with Gasteiger partial charge in [-0.2, -0.15) is 8.78 Å². The number of halogens is 2. The Hall–Kier alpha value is -1.89. The van der Waals surface area contributed by atoms with Crippen LogP contribution in [0.25, 0.3) is 0 Å². The van der Waals surface area contributed by atoms with Crippen LogP contribution in [0.3, 0.4) is 0 Å². The van der Waals surface area contributed by atoms with Gasteiger partial charge in [0.1, 0.15) is 0 Å². The highest BCUT2D eigenvalue weighted by Crippen LogP contribution is 2.29. The maximum atomic E-state index is 12.2. The molecule has 1 aromatic rings. The van der Waals surface area contributed by atoms with Crippen molar-refractivity contribution in [2.24, 2.45) is 0 Å². The van der Waals surface area contributed by atoms with E-state index >= 15 is 0 Å². The first-order chi connectivity index (χ1) is 10.1. The summed E-state index contributed by atoms with van der Waals surface area (Å²) in [6.07, 6.45) is 0.573. The van der Waals surface area contributed by atoms with Crippen molar-refractivity contribution in [3.63, 3.8) is 0 Å². The van der Waals surface area contributed by atoms with Crippen molar-refractivity contribution >= 4 is 5.91 Å². The molecule has 1 rings (SSSR count). The minimum Gasteiger partial charge on any atom is -0.493 e. The highest BCUT2D eigenvalue weighted by atomic mass is 19.3. The normalized spacial score (nSPS) is 10.5. The van der Waals surface area contributed by atoms with Crippen molar-refractivity contribution in [2.75, 3.05) is 26.7 Å². The van der Waals surface area contributed by atoms with Crippen molar-refractivity contribution < 1.29 is 23.0 Å². The van der Waals surface area contributed by atoms with Gasteiger partial charge < -0.3 is 20.1 Å². The second-order valence-corrected chi connectivity index (χ2v) is 4.24. The lowest BCUT2D eigenvalue weighted by Gasteiger charge is -2.11. The van der Waals surface area contributed by atoms with Crippen LogP contribution in [-0.4, -0.2) is 39.3 Å². The molecule has 0 spiro atoms. The molecule has 5 nitrogen and oxygen atoms in total. The van der Waals surface area contributed by atoms with Gasteiger partial charge in [-0.1, -0.05) is 13.0 Å². The molecule has 7 heteroatoms. The first kappa shape index (κ1) is 17.2. The van der Waals surface area contributed by atoms with Crippen LogP contribution in [0, 0.1) is 0 Å². The van der Waals surface area contributed by atoms with Gasteiger partial charge in [-0.25, -0.2) is 0 Å². The minimum absolute atomic E-state index is 0.00701. The van der Waals surface area contributed by atoms with Gasteiger partial charge in [-0.05, 0) is 30.7 Å². The van der Waals surface area contributed by atoms with Crippen molar-refractivity contribution in [2.45, 2.75) is 20.0 Å². The Morgan fingerprint density at radius 1 is 1.33 bits per heavy atom. The van der Waals surface area contributed by atoms with E-state index < -0.39 is 6.61 Å². The Morgan fingerprint density at radius 3 is 2.71 bits per heavy atom. The van der Waals surface area contributed by atoms with Crippen LogP contribution >= 0.6 is 0 Å². The van der Waals surface area contributed by atoms with Crippen LogP contribution in [0.2, 0.25) is 0 Å². The number of hydrogen-bond acceptors (Lipinski definition) is 4. The van der Waals surface area contributed by atoms with Gasteiger partial charge in [0.2, 0.25) is 5.91 Å². The zero-order valence-electron chi connectivity index (χ0n) is 12.1. The largest absolute Gasteiger partial charge is 0.493 e. The monoisotopic (exact) mass is 302 g/mol. The number of hydrogen-bond donors (Lipinski definition) is 2. The predicted octanol–water partition coefficient (Wildman–Crippen LogP) is 1.56. The summed E-state index contributed by atoms with van der Waals surface area (Å²) in [7, 11) is 1.38. The topological polar surface area (TPSA) is 59.6 Å². The summed E-state index contributed by atoms with van der Waals surface area (Å²) in [5.41, 5.74) is 0.859. The first-order valence-electron chi connectivity index (χ1n) is 6.66. The van der Waals surface area contributed by atoms with Crippen LogP contribution in [0.1, 0.15) is 12.5 Å². The van der Waals surface area contributed by atoms with E-state index in [-0.39, 0.29) is 24.0 Å². The van der Waals surface area contributed by atoms with Crippen molar-refractivity contribution in [1.82, 2.24) is 10.6 Å². The lowest BCUT2D eigenvalue weighted by molar-refractivity contribution is -0.120. The van der Waals surface area contributed by atoms with Crippen LogP contribution in [0.15, 0.2) is 18.2 Å². The summed E-state index contributed by atoms with van der Waals surface area (Å²) < 4.78 is 33.8. The molecule has 0 heterocycles. The molecule has 0 aliphatic rings. The van der Waals surface area contributed by atoms with E-state index in [1.807, 2.05) is 6.92 Å². The third-order valence-corrected chi connectivity index (χ3v) is 2.72. The van der Waals surface area contributed by atoms with Crippen LogP contribution in [-0.2, 0) is 11.2 Å². The number of rotatable bonds is 9. The Morgan fingerprint density at radius 2 is 2.10 bits per heavy atom. The number of benzene rings is 1. The SMILES string of the molecule is CCNCC(=O)NCCc1ccc(OC(F)F)c(OC)c1. The summed E-state index contributed by atoms with van der Waals surface area (Å²) >= 11 is 0. The fraction of sp³-hybridized carbons (Fsp3) is 0.500. The van der Waals surface area contributed by atoms with E-state index in [9.17, 15) is 13.6 Å². The Bertz CT molecular complexity index is 456. The van der Waals surface area contributed by atoms with Crippen molar-refractivity contribution in [3.05, 3.63) is 23.8 Å². The fourth-order valence-electron chi connectivity index (χ4n) is 1.71. The second-order valence-electron chi connectivity index (χ2n) is 4.24. The highest BCUT2D eigenvalue weighted by molar-refractivity contribution is 5.77. The molecule has 0 aromatic heterocycles. The minimum atomic E-state index is -2.89. The standard InChI is InChI=1S/C14H20F2N2O3/c1-3-17-9-13(19)18-7-6-10-4-5-11(21-14(15)16)12(8-10)20-2/h4-5,8,14,17H,3,6-7,9H2,1-2H3,(H,18,19). The Kier molecular flexibility index (Phi) is 7.45. The maximum absolute atomic E-state index is 12.2. The van der Waals surface area contributed by atoms with E-state index in [4.69, 9.17) is 4.74 Å². The van der Waals surface area contributed by atoms with Gasteiger partial charge in [0, 0.05) is 6.54 Å². The van der Waals surface area contributed by atoms with E-state index in [1.165, 1.54) is 13.2 Å². The van der Waals surface area contributed by atoms with E-state index in [2.05, 4.69) is 15.4 Å². The summed E-state index contributed by atoms with van der Waals surface area (Å²) in [5, 5.41) is 5.68. The average Bonchev–Trinajstić information content (AvgIpc) is 2.46. The Balaban J connectivity index is 2.50. The van der Waals surface area contributed by atoms with Gasteiger partial charge in [-0.3, -0.25) is 4.79 Å². The number of nitrogens with one attached hydrogen (secondary N) is 2. The van der Waals surface area contributed by atoms with Crippen molar-refractivity contribution in [1.29, 1.82) is 0 Å². The third-order valence-electron chi connectivity index (χ3n) is 2.72. The zero-order valence-corrected chi connectivity index (χ0v) is 12.1. The van der Waals surface area contributed by atoms with Crippen LogP contribution < -0.4 is 20.1 Å². The number of amides is 1. The van der Waals surface area contributed by atoms with Gasteiger partial charge in [-0.15, -0.1) is 0 Å². The Labute approximate surface area is 122 Å². The number of methoxy groups -OCH3 is 1. The third kappa shape index (κ3) is 6.40. The maximum Gasteiger partial charge on any atom is 0.387 e. The molecule has 2 N–H and O–H groups in total. The summed E-state index contributed by atoms with van der Waals surface area (Å²) in [4.78, 5) is 11.4. The van der Waals surface area contributed by atoms with E-state index in [1.54, 1.807) is 12.1 Å². The second kappa shape index (κ2) is 9.12. The summed E-state index contributed by atoms with van der Waals surface area (Å²) in [6.45, 7) is 0.498. The van der Waals surface area contributed by atoms with E-state index in [0.29, 0.717) is 13.0 Å². The molecule has 0 radical (unpaired) electrons. The average molecular weight is 302 g/mol. The summed E-state index contributed by atoms with van der Waals surface area (Å²) in [6, 6.07) is 4.71. The fourth-order valence-corrected chi connectivity index (χ4v) is 1.71. The first-order valence-corrected chi connectivity index (χ1v) is 6.66. The zero-order chi connectivity index (χ0) is 15.7. The number of alkyl halides is 2. The molecule has 21 heavy (non-hydrogen) atoms. The molecule has 0 unspecified atom stereocenters. The number of likely N-dealkylation sites (N-methyl/N-ethyl adjacent to an activating group) is 1. The quantitative estimate of drug-likeness (QED) is 0.727. The molecule has 0 aliphatic heterocycles. The van der Waals surface area contributed by atoms with Gasteiger partial charge in [0.05, 0.1) is 13.7 Å². The highest BCUT2D eigenvalue weighted by Gasteiger charge is 2.11. The molecule has 0 aliphatic carbocycles. The number of carbonyl (C=O) groups excluding carboxylic acids is 1. The lowest BCUT2D eigenvalue weighted by atomic mass is 10.1. The molecule has 0 saturated heterocycles. The molecule has 0 atom stereocenters. The molecule has 0 saturated carbocycles. The van der Waals surface area contributed by atoms with Crippen LogP contribution in [0.4, 0.5) is 8.78 Å². The van der Waals surface area contributed by atoms with Crippen LogP contribution in [0.5, 0.6) is 11.5 Å². The van der Waals surface area contributed by atoms with Gasteiger partial charge >= 0.3 is 6.61 Å². The molecular weight excluding hydrogens is 282 g/mol. The molecule has 0 fully saturated rings. The molecular formula is C14H20F2N2O3. The molecule has 1 aromatic carbocycles. The number of ether oxygens (including phenoxy) is 2. The van der Waals surface area contributed by atoms with Gasteiger partial charge in [0.15, 0.2) is 11.5 Å². The predicted molar refractivity (Wildman–Crippen MR) is 74.9 cm³/mol. The molecule has 1 amide bonds. The van der Waals surface area contributed by atoms with Crippen molar-refractivity contribution in [3.8, 4) is 11.5 Å². The molecule has 118 valence electrons. The van der Waals surface area contributed by atoms with E-state index in [0.717, 1.165) is 12.1 Å². The summed E-state index contributed by atoms with van der Waals surface area (Å²) in [5.74, 6) is 0.153. The molecule has 0 bridgehead atoms. The van der Waals surface area contributed by atoms with Gasteiger partial charge in [0.25, 0.3) is 0 Å².